The summed E-state index contributed by atoms with van der Waals surface area (Å²) >= 11 is 7.00. The first-order valence-corrected chi connectivity index (χ1v) is 9.88. The second kappa shape index (κ2) is 8.97. The van der Waals surface area contributed by atoms with Crippen molar-refractivity contribution >= 4 is 35.0 Å². The number of hydrogen-bond acceptors (Lipinski definition) is 5. The molecule has 0 aliphatic rings. The topological polar surface area (TPSA) is 69.0 Å². The van der Waals surface area contributed by atoms with E-state index in [2.05, 4.69) is 15.5 Å². The van der Waals surface area contributed by atoms with Crippen molar-refractivity contribution in [2.45, 2.75) is 11.3 Å². The van der Waals surface area contributed by atoms with E-state index in [1.54, 1.807) is 30.9 Å². The number of methoxy groups -OCH3 is 1. The Morgan fingerprint density at radius 3 is 2.53 bits per heavy atom. The van der Waals surface area contributed by atoms with Gasteiger partial charge in [0.2, 0.25) is 5.91 Å². The Hall–Kier alpha value is -2.72. The molecule has 0 radical (unpaired) electrons. The molecule has 0 atom stereocenters. The van der Waals surface area contributed by atoms with Gasteiger partial charge in [0.25, 0.3) is 0 Å². The van der Waals surface area contributed by atoms with Gasteiger partial charge in [-0.15, -0.1) is 10.2 Å². The molecule has 0 saturated carbocycles. The van der Waals surface area contributed by atoms with Gasteiger partial charge in [-0.1, -0.05) is 23.4 Å². The zero-order valence-electron chi connectivity index (χ0n) is 15.8. The van der Waals surface area contributed by atoms with Gasteiger partial charge in [-0.25, -0.2) is 0 Å². The SMILES string of the molecule is COc1ccc(-c2nnc(SCC(=O)Nc3cc(C(F)(F)F)ccc3Cl)n2C)cc1. The lowest BCUT2D eigenvalue weighted by Crippen LogP contribution is -2.16. The molecule has 0 aliphatic carbocycles. The summed E-state index contributed by atoms with van der Waals surface area (Å²) < 4.78 is 45.4. The van der Waals surface area contributed by atoms with Gasteiger partial charge >= 0.3 is 6.18 Å². The molecule has 30 heavy (non-hydrogen) atoms. The third-order valence-electron chi connectivity index (χ3n) is 4.08. The summed E-state index contributed by atoms with van der Waals surface area (Å²) in [6.45, 7) is 0. The minimum Gasteiger partial charge on any atom is -0.497 e. The van der Waals surface area contributed by atoms with E-state index >= 15 is 0 Å². The van der Waals surface area contributed by atoms with Gasteiger partial charge in [0.15, 0.2) is 11.0 Å². The average Bonchev–Trinajstić information content (AvgIpc) is 3.07. The van der Waals surface area contributed by atoms with E-state index in [-0.39, 0.29) is 16.5 Å². The lowest BCUT2D eigenvalue weighted by atomic mass is 10.2. The largest absolute Gasteiger partial charge is 0.497 e. The zero-order valence-corrected chi connectivity index (χ0v) is 17.4. The summed E-state index contributed by atoms with van der Waals surface area (Å²) in [6, 6.07) is 10.0. The van der Waals surface area contributed by atoms with Crippen LogP contribution in [0.4, 0.5) is 18.9 Å². The number of halogens is 4. The molecule has 0 fully saturated rings. The van der Waals surface area contributed by atoms with Crippen molar-refractivity contribution in [2.75, 3.05) is 18.2 Å². The number of hydrogen-bond donors (Lipinski definition) is 1. The molecule has 0 bridgehead atoms. The first kappa shape index (κ1) is 22.0. The molecular formula is C19H16ClF3N4O2S. The Labute approximate surface area is 179 Å². The lowest BCUT2D eigenvalue weighted by molar-refractivity contribution is -0.137. The molecule has 1 heterocycles. The highest BCUT2D eigenvalue weighted by atomic mass is 35.5. The Kier molecular flexibility index (Phi) is 6.57. The van der Waals surface area contributed by atoms with Gasteiger partial charge in [0.1, 0.15) is 5.75 Å². The van der Waals surface area contributed by atoms with Crippen LogP contribution in [0.15, 0.2) is 47.6 Å². The molecule has 0 spiro atoms. The van der Waals surface area contributed by atoms with Crippen molar-refractivity contribution in [3.8, 4) is 17.1 Å². The van der Waals surface area contributed by atoms with E-state index in [1.807, 2.05) is 12.1 Å². The Morgan fingerprint density at radius 2 is 1.90 bits per heavy atom. The van der Waals surface area contributed by atoms with Crippen LogP contribution in [0.3, 0.4) is 0 Å². The highest BCUT2D eigenvalue weighted by Crippen LogP contribution is 2.34. The summed E-state index contributed by atoms with van der Waals surface area (Å²) in [5, 5.41) is 11.1. The Balaban J connectivity index is 1.66. The van der Waals surface area contributed by atoms with E-state index in [0.717, 1.165) is 35.5 Å². The summed E-state index contributed by atoms with van der Waals surface area (Å²) in [6.07, 6.45) is -4.53. The first-order chi connectivity index (χ1) is 14.2. The van der Waals surface area contributed by atoms with Crippen LogP contribution in [0.25, 0.3) is 11.4 Å². The molecule has 2 aromatic carbocycles. The maximum absolute atomic E-state index is 12.9. The number of amides is 1. The van der Waals surface area contributed by atoms with Gasteiger partial charge in [-0.3, -0.25) is 4.79 Å². The van der Waals surface area contributed by atoms with Crippen molar-refractivity contribution in [1.29, 1.82) is 0 Å². The third kappa shape index (κ3) is 5.06. The molecule has 1 aromatic heterocycles. The molecule has 158 valence electrons. The Morgan fingerprint density at radius 1 is 1.20 bits per heavy atom. The van der Waals surface area contributed by atoms with E-state index in [0.29, 0.717) is 16.7 Å². The number of nitrogens with zero attached hydrogens (tertiary/aromatic N) is 3. The van der Waals surface area contributed by atoms with E-state index < -0.39 is 17.6 Å². The number of ether oxygens (including phenoxy) is 1. The number of benzene rings is 2. The summed E-state index contributed by atoms with van der Waals surface area (Å²) in [4.78, 5) is 12.2. The Bertz CT molecular complexity index is 1050. The number of thioether (sulfide) groups is 1. The normalized spacial score (nSPS) is 11.4. The highest BCUT2D eigenvalue weighted by molar-refractivity contribution is 7.99. The maximum Gasteiger partial charge on any atom is 0.416 e. The first-order valence-electron chi connectivity index (χ1n) is 8.52. The fraction of sp³-hybridized carbons (Fsp3) is 0.211. The molecule has 0 saturated heterocycles. The zero-order chi connectivity index (χ0) is 21.9. The standard InChI is InChI=1S/C19H16ClF3N4O2S/c1-27-17(11-3-6-13(29-2)7-4-11)25-26-18(27)30-10-16(28)24-15-9-12(19(21,22)23)5-8-14(15)20/h3-9H,10H2,1-2H3,(H,24,28). The van der Waals surface area contributed by atoms with Crippen molar-refractivity contribution in [3.63, 3.8) is 0 Å². The number of aromatic nitrogens is 3. The van der Waals surface area contributed by atoms with Crippen LogP contribution in [0, 0.1) is 0 Å². The number of alkyl halides is 3. The number of carbonyl (C=O) groups is 1. The predicted molar refractivity (Wildman–Crippen MR) is 109 cm³/mol. The van der Waals surface area contributed by atoms with Gasteiger partial charge in [0, 0.05) is 12.6 Å². The van der Waals surface area contributed by atoms with E-state index in [9.17, 15) is 18.0 Å². The van der Waals surface area contributed by atoms with Crippen LogP contribution < -0.4 is 10.1 Å². The minimum absolute atomic E-state index is 0.0156. The highest BCUT2D eigenvalue weighted by Gasteiger charge is 2.31. The van der Waals surface area contributed by atoms with Crippen LogP contribution in [-0.4, -0.2) is 33.5 Å². The van der Waals surface area contributed by atoms with Crippen LogP contribution in [0.5, 0.6) is 5.75 Å². The van der Waals surface area contributed by atoms with Crippen LogP contribution in [-0.2, 0) is 18.0 Å². The van der Waals surface area contributed by atoms with Crippen molar-refractivity contribution in [2.24, 2.45) is 7.05 Å². The minimum atomic E-state index is -4.53. The van der Waals surface area contributed by atoms with Crippen LogP contribution >= 0.6 is 23.4 Å². The van der Waals surface area contributed by atoms with Crippen LogP contribution in [0.2, 0.25) is 5.02 Å². The molecule has 11 heteroatoms. The number of carbonyl (C=O) groups excluding carboxylic acids is 1. The van der Waals surface area contributed by atoms with Gasteiger partial charge in [0.05, 0.1) is 29.1 Å². The van der Waals surface area contributed by atoms with E-state index in [4.69, 9.17) is 16.3 Å². The summed E-state index contributed by atoms with van der Waals surface area (Å²) in [5.74, 6) is 0.707. The predicted octanol–water partition coefficient (Wildman–Crippen LogP) is 4.89. The van der Waals surface area contributed by atoms with Crippen molar-refractivity contribution in [1.82, 2.24) is 14.8 Å². The third-order valence-corrected chi connectivity index (χ3v) is 5.43. The smallest absolute Gasteiger partial charge is 0.416 e. The van der Waals surface area contributed by atoms with Gasteiger partial charge < -0.3 is 14.6 Å². The average molecular weight is 457 g/mol. The quantitative estimate of drug-likeness (QED) is 0.535. The number of nitrogens with one attached hydrogen (secondary N) is 1. The monoisotopic (exact) mass is 456 g/mol. The summed E-state index contributed by atoms with van der Waals surface area (Å²) in [5.41, 5.74) is -0.181. The lowest BCUT2D eigenvalue weighted by Gasteiger charge is -2.11. The van der Waals surface area contributed by atoms with E-state index in [1.165, 1.54) is 0 Å². The fourth-order valence-electron chi connectivity index (χ4n) is 2.55. The number of rotatable bonds is 6. The molecule has 3 rings (SSSR count). The number of anilines is 1. The second-order valence-corrected chi connectivity index (χ2v) is 7.47. The maximum atomic E-state index is 12.9. The molecule has 6 nitrogen and oxygen atoms in total. The second-order valence-electron chi connectivity index (χ2n) is 6.12. The molecule has 3 aromatic rings. The molecule has 1 amide bonds. The molecule has 0 aliphatic heterocycles. The molecule has 1 N–H and O–H groups in total. The van der Waals surface area contributed by atoms with Crippen molar-refractivity contribution in [3.05, 3.63) is 53.1 Å². The van der Waals surface area contributed by atoms with Crippen molar-refractivity contribution < 1.29 is 22.7 Å². The van der Waals surface area contributed by atoms with Gasteiger partial charge in [-0.05, 0) is 42.5 Å². The summed E-state index contributed by atoms with van der Waals surface area (Å²) in [7, 11) is 3.33. The fourth-order valence-corrected chi connectivity index (χ4v) is 3.42. The van der Waals surface area contributed by atoms with Crippen LogP contribution in [0.1, 0.15) is 5.56 Å². The van der Waals surface area contributed by atoms with Gasteiger partial charge in [-0.2, -0.15) is 13.2 Å². The molecule has 0 unspecified atom stereocenters. The molecular weight excluding hydrogens is 441 g/mol.